The van der Waals surface area contributed by atoms with Gasteiger partial charge in [-0.2, -0.15) is 0 Å². The summed E-state index contributed by atoms with van der Waals surface area (Å²) >= 11 is 1.86. The summed E-state index contributed by atoms with van der Waals surface area (Å²) in [5, 5.41) is 3.46. The first kappa shape index (κ1) is 11.3. The Balaban J connectivity index is 2.29. The second kappa shape index (κ2) is 5.85. The van der Waals surface area contributed by atoms with E-state index in [1.54, 1.807) is 0 Å². The summed E-state index contributed by atoms with van der Waals surface area (Å²) < 4.78 is 0. The van der Waals surface area contributed by atoms with Gasteiger partial charge in [-0.3, -0.25) is 0 Å². The van der Waals surface area contributed by atoms with Gasteiger partial charge in [0, 0.05) is 22.2 Å². The van der Waals surface area contributed by atoms with Crippen LogP contribution in [0.1, 0.15) is 35.6 Å². The highest BCUT2D eigenvalue weighted by Gasteiger charge is 2.05. The SMILES string of the molecule is C#CCCCNC(C)c1ccc(C)s1. The Labute approximate surface area is 90.5 Å². The fourth-order valence-corrected chi connectivity index (χ4v) is 2.20. The van der Waals surface area contributed by atoms with Crippen molar-refractivity contribution in [1.82, 2.24) is 5.32 Å². The molecule has 0 aliphatic heterocycles. The lowest BCUT2D eigenvalue weighted by Gasteiger charge is -2.10. The van der Waals surface area contributed by atoms with Crippen molar-refractivity contribution >= 4 is 11.3 Å². The summed E-state index contributed by atoms with van der Waals surface area (Å²) in [4.78, 5) is 2.78. The van der Waals surface area contributed by atoms with Crippen LogP contribution in [0.3, 0.4) is 0 Å². The Kier molecular flexibility index (Phi) is 4.72. The van der Waals surface area contributed by atoms with E-state index in [1.807, 2.05) is 11.3 Å². The first-order valence-corrected chi connectivity index (χ1v) is 5.79. The standard InChI is InChI=1S/C12H17NS/c1-4-5-6-9-13-11(3)12-8-7-10(2)14-12/h1,7-8,11,13H,5-6,9H2,2-3H3. The van der Waals surface area contributed by atoms with E-state index in [-0.39, 0.29) is 0 Å². The number of thiophene rings is 1. The van der Waals surface area contributed by atoms with Gasteiger partial charge in [-0.05, 0) is 38.9 Å². The van der Waals surface area contributed by atoms with Crippen molar-refractivity contribution in [3.63, 3.8) is 0 Å². The van der Waals surface area contributed by atoms with Gasteiger partial charge in [0.1, 0.15) is 0 Å². The maximum absolute atomic E-state index is 5.18. The first-order valence-electron chi connectivity index (χ1n) is 4.97. The van der Waals surface area contributed by atoms with Crippen molar-refractivity contribution in [1.29, 1.82) is 0 Å². The molecule has 0 aliphatic rings. The molecule has 14 heavy (non-hydrogen) atoms. The number of nitrogens with one attached hydrogen (secondary N) is 1. The molecule has 0 radical (unpaired) electrons. The Morgan fingerprint density at radius 3 is 2.93 bits per heavy atom. The van der Waals surface area contributed by atoms with E-state index in [0.717, 1.165) is 19.4 Å². The van der Waals surface area contributed by atoms with E-state index in [1.165, 1.54) is 9.75 Å². The van der Waals surface area contributed by atoms with E-state index in [2.05, 4.69) is 37.2 Å². The molecule has 1 rings (SSSR count). The average Bonchev–Trinajstić information content (AvgIpc) is 2.59. The highest BCUT2D eigenvalue weighted by molar-refractivity contribution is 7.12. The third-order valence-corrected chi connectivity index (χ3v) is 3.32. The zero-order valence-corrected chi connectivity index (χ0v) is 9.66. The van der Waals surface area contributed by atoms with Crippen LogP contribution < -0.4 is 5.32 Å². The summed E-state index contributed by atoms with van der Waals surface area (Å²) in [6.07, 6.45) is 7.11. The summed E-state index contributed by atoms with van der Waals surface area (Å²) in [6, 6.07) is 4.81. The van der Waals surface area contributed by atoms with Gasteiger partial charge in [-0.1, -0.05) is 0 Å². The molecule has 0 saturated carbocycles. The zero-order valence-electron chi connectivity index (χ0n) is 8.84. The molecule has 1 nitrogen and oxygen atoms in total. The normalized spacial score (nSPS) is 12.4. The smallest absolute Gasteiger partial charge is 0.0386 e. The number of rotatable bonds is 5. The lowest BCUT2D eigenvalue weighted by atomic mass is 10.2. The molecule has 0 saturated heterocycles. The van der Waals surface area contributed by atoms with Crippen LogP contribution in [0.15, 0.2) is 12.1 Å². The van der Waals surface area contributed by atoms with E-state index in [0.29, 0.717) is 6.04 Å². The van der Waals surface area contributed by atoms with Crippen LogP contribution in [0, 0.1) is 19.3 Å². The number of aryl methyl sites for hydroxylation is 1. The summed E-state index contributed by atoms with van der Waals surface area (Å²) in [7, 11) is 0. The molecule has 0 amide bonds. The van der Waals surface area contributed by atoms with Gasteiger partial charge in [0.25, 0.3) is 0 Å². The predicted molar refractivity (Wildman–Crippen MR) is 63.5 cm³/mol. The number of unbranched alkanes of at least 4 members (excludes halogenated alkanes) is 1. The van der Waals surface area contributed by atoms with Crippen molar-refractivity contribution < 1.29 is 0 Å². The van der Waals surface area contributed by atoms with Gasteiger partial charge in [-0.25, -0.2) is 0 Å². The molecule has 0 aromatic carbocycles. The van der Waals surface area contributed by atoms with Crippen molar-refractivity contribution in [2.24, 2.45) is 0 Å². The van der Waals surface area contributed by atoms with E-state index < -0.39 is 0 Å². The fourth-order valence-electron chi connectivity index (χ4n) is 1.30. The highest BCUT2D eigenvalue weighted by Crippen LogP contribution is 2.21. The van der Waals surface area contributed by atoms with Gasteiger partial charge in [0.2, 0.25) is 0 Å². The second-order valence-electron chi connectivity index (χ2n) is 3.43. The highest BCUT2D eigenvalue weighted by atomic mass is 32.1. The van der Waals surface area contributed by atoms with Crippen LogP contribution in [-0.2, 0) is 0 Å². The molecule has 0 aliphatic carbocycles. The van der Waals surface area contributed by atoms with Crippen LogP contribution >= 0.6 is 11.3 Å². The monoisotopic (exact) mass is 207 g/mol. The maximum Gasteiger partial charge on any atom is 0.0386 e. The maximum atomic E-state index is 5.18. The Morgan fingerprint density at radius 2 is 2.36 bits per heavy atom. The molecule has 0 bridgehead atoms. The topological polar surface area (TPSA) is 12.0 Å². The van der Waals surface area contributed by atoms with Gasteiger partial charge >= 0.3 is 0 Å². The number of hydrogen-bond donors (Lipinski definition) is 1. The van der Waals surface area contributed by atoms with Gasteiger partial charge < -0.3 is 5.32 Å². The lowest BCUT2D eigenvalue weighted by molar-refractivity contribution is 0.570. The van der Waals surface area contributed by atoms with Crippen LogP contribution in [-0.4, -0.2) is 6.54 Å². The van der Waals surface area contributed by atoms with Crippen LogP contribution in [0.25, 0.3) is 0 Å². The molecule has 76 valence electrons. The Bertz CT molecular complexity index is 308. The van der Waals surface area contributed by atoms with E-state index in [4.69, 9.17) is 6.42 Å². The van der Waals surface area contributed by atoms with Gasteiger partial charge in [0.15, 0.2) is 0 Å². The molecule has 1 heterocycles. The summed E-state index contributed by atoms with van der Waals surface area (Å²) in [5.41, 5.74) is 0. The molecule has 1 N–H and O–H groups in total. The first-order chi connectivity index (χ1) is 6.74. The molecule has 0 spiro atoms. The van der Waals surface area contributed by atoms with Gasteiger partial charge in [0.05, 0.1) is 0 Å². The molecule has 1 aromatic rings. The second-order valence-corrected chi connectivity index (χ2v) is 4.75. The van der Waals surface area contributed by atoms with Crippen molar-refractivity contribution in [2.75, 3.05) is 6.54 Å². The van der Waals surface area contributed by atoms with Crippen LogP contribution in [0.5, 0.6) is 0 Å². The minimum atomic E-state index is 0.450. The van der Waals surface area contributed by atoms with Crippen LogP contribution in [0.4, 0.5) is 0 Å². The molecular weight excluding hydrogens is 190 g/mol. The zero-order chi connectivity index (χ0) is 10.4. The van der Waals surface area contributed by atoms with Crippen molar-refractivity contribution in [2.45, 2.75) is 32.7 Å². The molecule has 1 unspecified atom stereocenters. The molecule has 1 aromatic heterocycles. The number of terminal acetylenes is 1. The van der Waals surface area contributed by atoms with E-state index >= 15 is 0 Å². The molecular formula is C12H17NS. The number of hydrogen-bond acceptors (Lipinski definition) is 2. The minimum absolute atomic E-state index is 0.450. The van der Waals surface area contributed by atoms with Crippen molar-refractivity contribution in [3.8, 4) is 12.3 Å². The quantitative estimate of drug-likeness (QED) is 0.578. The Morgan fingerprint density at radius 1 is 1.57 bits per heavy atom. The molecule has 2 heteroatoms. The summed E-state index contributed by atoms with van der Waals surface area (Å²) in [6.45, 7) is 5.34. The Hall–Kier alpha value is -0.780. The van der Waals surface area contributed by atoms with Gasteiger partial charge in [-0.15, -0.1) is 23.7 Å². The predicted octanol–water partition coefficient (Wildman–Crippen LogP) is 3.12. The average molecular weight is 207 g/mol. The largest absolute Gasteiger partial charge is 0.309 e. The third-order valence-electron chi connectivity index (χ3n) is 2.14. The molecule has 1 atom stereocenters. The van der Waals surface area contributed by atoms with Crippen molar-refractivity contribution in [3.05, 3.63) is 21.9 Å². The third kappa shape index (κ3) is 3.53. The van der Waals surface area contributed by atoms with Crippen LogP contribution in [0.2, 0.25) is 0 Å². The fraction of sp³-hybridized carbons (Fsp3) is 0.500. The minimum Gasteiger partial charge on any atom is -0.309 e. The lowest BCUT2D eigenvalue weighted by Crippen LogP contribution is -2.18. The molecule has 0 fully saturated rings. The van der Waals surface area contributed by atoms with E-state index in [9.17, 15) is 0 Å². The summed E-state index contributed by atoms with van der Waals surface area (Å²) in [5.74, 6) is 2.65.